The molecule has 0 unspecified atom stereocenters. The highest BCUT2D eigenvalue weighted by atomic mass is 32.2. The van der Waals surface area contributed by atoms with Crippen molar-refractivity contribution >= 4 is 21.5 Å². The Hall–Kier alpha value is -3.07. The van der Waals surface area contributed by atoms with Gasteiger partial charge >= 0.3 is 0 Å². The summed E-state index contributed by atoms with van der Waals surface area (Å²) in [6.45, 7) is 3.41. The molecular weight excluding hydrogens is 434 g/mol. The van der Waals surface area contributed by atoms with E-state index in [4.69, 9.17) is 0 Å². The van der Waals surface area contributed by atoms with E-state index in [1.807, 2.05) is 4.90 Å². The SMILES string of the molecule is CC1(O)CN(Cc2ccc([N+](=O)[O-])cn2)C1.CS(=O)(=O)OCc1ccc([N+](=O)[O-])cn1. The Balaban J connectivity index is 0.000000221. The number of β-amino-alcohol motifs (C(OH)–C–C–N with tert-alkyl or cyclic N) is 1. The van der Waals surface area contributed by atoms with Crippen LogP contribution in [0.15, 0.2) is 36.7 Å². The molecule has 1 aliphatic heterocycles. The van der Waals surface area contributed by atoms with Crippen LogP contribution in [-0.2, 0) is 27.5 Å². The summed E-state index contributed by atoms with van der Waals surface area (Å²) in [7, 11) is -3.52. The van der Waals surface area contributed by atoms with Gasteiger partial charge in [-0.25, -0.2) is 0 Å². The molecule has 1 fully saturated rings. The molecule has 0 amide bonds. The summed E-state index contributed by atoms with van der Waals surface area (Å²) in [5.74, 6) is 0. The fourth-order valence-corrected chi connectivity index (χ4v) is 2.99. The van der Waals surface area contributed by atoms with Crippen LogP contribution in [0.5, 0.6) is 0 Å². The first kappa shape index (κ1) is 24.2. The highest BCUT2D eigenvalue weighted by Gasteiger charge is 2.36. The molecule has 1 N–H and O–H groups in total. The van der Waals surface area contributed by atoms with Crippen LogP contribution in [0, 0.1) is 20.2 Å². The Morgan fingerprint density at radius 1 is 1.06 bits per heavy atom. The van der Waals surface area contributed by atoms with Gasteiger partial charge in [0.1, 0.15) is 19.0 Å². The predicted octanol–water partition coefficient (Wildman–Crippen LogP) is 1.02. The first-order valence-electron chi connectivity index (χ1n) is 8.82. The van der Waals surface area contributed by atoms with E-state index in [2.05, 4.69) is 14.2 Å². The van der Waals surface area contributed by atoms with Crippen molar-refractivity contribution < 1.29 is 27.6 Å². The number of hydrogen-bond acceptors (Lipinski definition) is 11. The van der Waals surface area contributed by atoms with Gasteiger partial charge in [-0.1, -0.05) is 0 Å². The third-order valence-electron chi connectivity index (χ3n) is 3.97. The van der Waals surface area contributed by atoms with Crippen LogP contribution < -0.4 is 0 Å². The van der Waals surface area contributed by atoms with Gasteiger partial charge in [-0.2, -0.15) is 8.42 Å². The van der Waals surface area contributed by atoms with Crippen LogP contribution >= 0.6 is 0 Å². The van der Waals surface area contributed by atoms with E-state index in [0.29, 0.717) is 25.3 Å². The zero-order chi connectivity index (χ0) is 23.2. The molecule has 14 heteroatoms. The Bertz CT molecular complexity index is 1020. The van der Waals surface area contributed by atoms with Gasteiger partial charge in [-0.05, 0) is 19.1 Å². The molecule has 0 radical (unpaired) electrons. The van der Waals surface area contributed by atoms with E-state index in [1.54, 1.807) is 13.0 Å². The highest BCUT2D eigenvalue weighted by Crippen LogP contribution is 2.21. The van der Waals surface area contributed by atoms with Crippen molar-refractivity contribution in [3.8, 4) is 0 Å². The quantitative estimate of drug-likeness (QED) is 0.358. The molecule has 1 saturated heterocycles. The Labute approximate surface area is 177 Å². The smallest absolute Gasteiger partial charge is 0.287 e. The molecule has 1 aliphatic rings. The van der Waals surface area contributed by atoms with Gasteiger partial charge in [0.05, 0.1) is 33.1 Å². The lowest BCUT2D eigenvalue weighted by atomic mass is 9.97. The number of pyridine rings is 2. The summed E-state index contributed by atoms with van der Waals surface area (Å²) >= 11 is 0. The topological polar surface area (TPSA) is 179 Å². The van der Waals surface area contributed by atoms with Crippen LogP contribution in [0.3, 0.4) is 0 Å². The van der Waals surface area contributed by atoms with E-state index in [9.17, 15) is 33.8 Å². The fraction of sp³-hybridized carbons (Fsp3) is 0.412. The van der Waals surface area contributed by atoms with E-state index in [0.717, 1.165) is 18.1 Å². The van der Waals surface area contributed by atoms with Crippen LogP contribution in [0.2, 0.25) is 0 Å². The van der Waals surface area contributed by atoms with Crippen molar-refractivity contribution in [3.05, 3.63) is 68.3 Å². The molecule has 13 nitrogen and oxygen atoms in total. The van der Waals surface area contributed by atoms with Gasteiger partial charge in [0.25, 0.3) is 21.5 Å². The van der Waals surface area contributed by atoms with Crippen LogP contribution in [0.1, 0.15) is 18.3 Å². The Kier molecular flexibility index (Phi) is 7.67. The second kappa shape index (κ2) is 9.82. The molecule has 2 aromatic heterocycles. The normalized spacial score (nSPS) is 15.3. The number of nitro groups is 2. The van der Waals surface area contributed by atoms with Gasteiger partial charge in [0.2, 0.25) is 0 Å². The van der Waals surface area contributed by atoms with E-state index in [-0.39, 0.29) is 18.0 Å². The number of nitrogens with zero attached hydrogens (tertiary/aromatic N) is 5. The standard InChI is InChI=1S/C10H13N3O3.C7H8N2O5S/c1-10(14)6-12(7-10)5-8-2-3-9(4-11-8)13(15)16;1-15(12,13)14-5-6-2-3-7(4-8-6)9(10)11/h2-4,14H,5-7H2,1H3;2-4H,5H2,1H3. The van der Waals surface area contributed by atoms with E-state index >= 15 is 0 Å². The molecule has 0 bridgehead atoms. The number of rotatable bonds is 7. The van der Waals surface area contributed by atoms with Gasteiger partial charge in [0, 0.05) is 31.8 Å². The summed E-state index contributed by atoms with van der Waals surface area (Å²) in [5.41, 5.74) is 0.338. The van der Waals surface area contributed by atoms with Gasteiger partial charge in [-0.15, -0.1) is 0 Å². The zero-order valence-corrected chi connectivity index (χ0v) is 17.6. The summed E-state index contributed by atoms with van der Waals surface area (Å²) < 4.78 is 25.7. The Morgan fingerprint density at radius 2 is 1.55 bits per heavy atom. The van der Waals surface area contributed by atoms with Crippen LogP contribution in [-0.4, -0.2) is 63.2 Å². The maximum atomic E-state index is 10.6. The van der Waals surface area contributed by atoms with Crippen molar-refractivity contribution in [3.63, 3.8) is 0 Å². The maximum Gasteiger partial charge on any atom is 0.287 e. The van der Waals surface area contributed by atoms with Crippen molar-refractivity contribution in [1.82, 2.24) is 14.9 Å². The number of aliphatic hydroxyl groups is 1. The molecule has 31 heavy (non-hydrogen) atoms. The molecule has 0 saturated carbocycles. The van der Waals surface area contributed by atoms with Crippen molar-refractivity contribution in [2.45, 2.75) is 25.7 Å². The molecule has 3 rings (SSSR count). The molecule has 2 aromatic rings. The van der Waals surface area contributed by atoms with Crippen molar-refractivity contribution in [1.29, 1.82) is 0 Å². The number of likely N-dealkylation sites (tertiary alicyclic amines) is 1. The first-order valence-corrected chi connectivity index (χ1v) is 10.6. The highest BCUT2D eigenvalue weighted by molar-refractivity contribution is 7.85. The minimum atomic E-state index is -3.52. The summed E-state index contributed by atoms with van der Waals surface area (Å²) in [6.07, 6.45) is 3.21. The summed E-state index contributed by atoms with van der Waals surface area (Å²) in [6, 6.07) is 5.66. The molecule has 0 atom stereocenters. The maximum absolute atomic E-state index is 10.6. The Morgan fingerprint density at radius 3 is 1.90 bits per heavy atom. The summed E-state index contributed by atoms with van der Waals surface area (Å²) in [4.78, 5) is 29.3. The molecule has 3 heterocycles. The van der Waals surface area contributed by atoms with Gasteiger partial charge in [-0.3, -0.25) is 39.3 Å². The lowest BCUT2D eigenvalue weighted by molar-refractivity contribution is -0.385. The number of hydrogen-bond donors (Lipinski definition) is 1. The monoisotopic (exact) mass is 455 g/mol. The average molecular weight is 455 g/mol. The summed E-state index contributed by atoms with van der Waals surface area (Å²) in [5, 5.41) is 30.2. The lowest BCUT2D eigenvalue weighted by Crippen LogP contribution is -2.59. The second-order valence-electron chi connectivity index (χ2n) is 7.14. The van der Waals surface area contributed by atoms with Gasteiger partial charge in [0.15, 0.2) is 0 Å². The number of aromatic nitrogens is 2. The first-order chi connectivity index (χ1) is 14.3. The second-order valence-corrected chi connectivity index (χ2v) is 8.78. The molecule has 168 valence electrons. The van der Waals surface area contributed by atoms with E-state index < -0.39 is 25.6 Å². The predicted molar refractivity (Wildman–Crippen MR) is 107 cm³/mol. The lowest BCUT2D eigenvalue weighted by Gasteiger charge is -2.44. The average Bonchev–Trinajstić information content (AvgIpc) is 2.65. The van der Waals surface area contributed by atoms with Crippen molar-refractivity contribution in [2.75, 3.05) is 19.3 Å². The molecular formula is C17H21N5O8S. The van der Waals surface area contributed by atoms with Crippen LogP contribution in [0.4, 0.5) is 11.4 Å². The minimum absolute atomic E-state index is 0.000596. The third kappa shape index (κ3) is 8.29. The molecule has 0 aliphatic carbocycles. The zero-order valence-electron chi connectivity index (χ0n) is 16.7. The van der Waals surface area contributed by atoms with Gasteiger partial charge < -0.3 is 5.11 Å². The van der Waals surface area contributed by atoms with E-state index in [1.165, 1.54) is 24.4 Å². The third-order valence-corrected chi connectivity index (χ3v) is 4.52. The molecule has 0 aromatic carbocycles. The minimum Gasteiger partial charge on any atom is -0.388 e. The fourth-order valence-electron chi connectivity index (χ4n) is 2.65. The van der Waals surface area contributed by atoms with Crippen molar-refractivity contribution in [2.24, 2.45) is 0 Å². The molecule has 0 spiro atoms. The van der Waals surface area contributed by atoms with Crippen LogP contribution in [0.25, 0.3) is 0 Å². The largest absolute Gasteiger partial charge is 0.388 e.